The van der Waals surface area contributed by atoms with Crippen LogP contribution >= 0.6 is 0 Å². The molecule has 3 saturated heterocycles. The molecule has 3 aliphatic heterocycles. The average molecular weight is 278 g/mol. The third kappa shape index (κ3) is 1.17. The van der Waals surface area contributed by atoms with Gasteiger partial charge in [-0.3, -0.25) is 0 Å². The van der Waals surface area contributed by atoms with Crippen molar-refractivity contribution in [2.75, 3.05) is 0 Å². The van der Waals surface area contributed by atoms with E-state index >= 15 is 0 Å². The smallest absolute Gasteiger partial charge is 0.175 e. The Morgan fingerprint density at radius 3 is 1.80 bits per heavy atom. The quantitative estimate of drug-likeness (QED) is 0.744. The monoisotopic (exact) mass is 278 g/mol. The van der Waals surface area contributed by atoms with E-state index in [9.17, 15) is 0 Å². The Labute approximate surface area is 121 Å². The van der Waals surface area contributed by atoms with Gasteiger partial charge in [-0.15, -0.1) is 0 Å². The molecule has 0 radical (unpaired) electrons. The lowest BCUT2D eigenvalue weighted by Gasteiger charge is -2.31. The fourth-order valence-corrected chi connectivity index (χ4v) is 6.31. The summed E-state index contributed by atoms with van der Waals surface area (Å²) in [5.74, 6) is 2.20. The number of hydrogen-bond donors (Lipinski definition) is 0. The Morgan fingerprint density at radius 1 is 0.850 bits per heavy atom. The molecule has 2 saturated carbocycles. The Kier molecular flexibility index (Phi) is 2.36. The standard InChI is InChI=1S/C17H26O3/c1-3-5-7-16-12-10-9-11-13(12)17(20-16,8-6-4-2)19-15(11)14(10)18-16/h10-15H,3-9H2,1-2H3. The molecule has 3 heterocycles. The first-order valence-corrected chi connectivity index (χ1v) is 8.80. The highest BCUT2D eigenvalue weighted by molar-refractivity contribution is 5.25. The van der Waals surface area contributed by atoms with Crippen molar-refractivity contribution in [1.82, 2.24) is 0 Å². The van der Waals surface area contributed by atoms with Gasteiger partial charge < -0.3 is 14.2 Å². The van der Waals surface area contributed by atoms with Crippen LogP contribution in [0.2, 0.25) is 0 Å². The molecule has 0 spiro atoms. The second-order valence-electron chi connectivity index (χ2n) is 7.71. The van der Waals surface area contributed by atoms with E-state index in [1.165, 1.54) is 32.1 Å². The van der Waals surface area contributed by atoms with Crippen LogP contribution in [0.15, 0.2) is 0 Å². The summed E-state index contributed by atoms with van der Waals surface area (Å²) < 4.78 is 19.7. The average Bonchev–Trinajstić information content (AvgIpc) is 3.10. The van der Waals surface area contributed by atoms with Crippen LogP contribution in [-0.2, 0) is 14.2 Å². The van der Waals surface area contributed by atoms with Gasteiger partial charge >= 0.3 is 0 Å². The lowest BCUT2D eigenvalue weighted by Crippen LogP contribution is -2.38. The summed E-state index contributed by atoms with van der Waals surface area (Å²) in [5.41, 5.74) is 0. The number of rotatable bonds is 6. The molecule has 3 nitrogen and oxygen atoms in total. The molecule has 8 unspecified atom stereocenters. The van der Waals surface area contributed by atoms with Gasteiger partial charge in [0.1, 0.15) is 0 Å². The van der Waals surface area contributed by atoms with Crippen LogP contribution in [0.1, 0.15) is 58.8 Å². The first kappa shape index (κ1) is 12.4. The van der Waals surface area contributed by atoms with E-state index in [1.54, 1.807) is 0 Å². The maximum atomic E-state index is 6.67. The van der Waals surface area contributed by atoms with E-state index in [4.69, 9.17) is 14.2 Å². The van der Waals surface area contributed by atoms with E-state index in [0.29, 0.717) is 24.0 Å². The highest BCUT2D eigenvalue weighted by Crippen LogP contribution is 2.77. The van der Waals surface area contributed by atoms with Gasteiger partial charge in [-0.25, -0.2) is 0 Å². The first-order chi connectivity index (χ1) is 9.75. The predicted molar refractivity (Wildman–Crippen MR) is 73.9 cm³/mol. The zero-order valence-corrected chi connectivity index (χ0v) is 12.6. The minimum atomic E-state index is -0.274. The fraction of sp³-hybridized carbons (Fsp3) is 1.00. The van der Waals surface area contributed by atoms with Gasteiger partial charge in [0.05, 0.1) is 12.2 Å². The maximum Gasteiger partial charge on any atom is 0.175 e. The Morgan fingerprint density at radius 2 is 1.35 bits per heavy atom. The molecule has 0 amide bonds. The van der Waals surface area contributed by atoms with Crippen molar-refractivity contribution >= 4 is 0 Å². The highest BCUT2D eigenvalue weighted by atomic mass is 16.8. The lowest BCUT2D eigenvalue weighted by atomic mass is 9.74. The minimum Gasteiger partial charge on any atom is -0.343 e. The summed E-state index contributed by atoms with van der Waals surface area (Å²) in [5, 5.41) is 0. The van der Waals surface area contributed by atoms with Crippen molar-refractivity contribution in [2.24, 2.45) is 23.7 Å². The molecule has 2 bridgehead atoms. The van der Waals surface area contributed by atoms with Crippen molar-refractivity contribution in [3.05, 3.63) is 0 Å². The van der Waals surface area contributed by atoms with Crippen molar-refractivity contribution in [1.29, 1.82) is 0 Å². The maximum absolute atomic E-state index is 6.67. The van der Waals surface area contributed by atoms with Crippen LogP contribution in [0, 0.1) is 23.7 Å². The van der Waals surface area contributed by atoms with Gasteiger partial charge in [-0.2, -0.15) is 0 Å². The number of fused-ring (bicyclic) bond motifs is 1. The lowest BCUT2D eigenvalue weighted by molar-refractivity contribution is -0.292. The Bertz CT molecular complexity index is 396. The van der Waals surface area contributed by atoms with E-state index < -0.39 is 0 Å². The van der Waals surface area contributed by atoms with Gasteiger partial charge in [0.2, 0.25) is 0 Å². The first-order valence-electron chi connectivity index (χ1n) is 8.80. The van der Waals surface area contributed by atoms with Gasteiger partial charge in [0.25, 0.3) is 0 Å². The third-order valence-electron chi connectivity index (χ3n) is 6.81. The molecule has 112 valence electrons. The zero-order chi connectivity index (χ0) is 13.5. The summed E-state index contributed by atoms with van der Waals surface area (Å²) in [6.45, 7) is 4.51. The summed E-state index contributed by atoms with van der Waals surface area (Å²) in [7, 11) is 0. The fourth-order valence-electron chi connectivity index (χ4n) is 6.31. The number of unbranched alkanes of at least 4 members (excludes halogenated alkanes) is 2. The van der Waals surface area contributed by atoms with Crippen molar-refractivity contribution in [3.63, 3.8) is 0 Å². The molecule has 3 heteroatoms. The van der Waals surface area contributed by atoms with Gasteiger partial charge in [-0.1, -0.05) is 26.7 Å². The molecular weight excluding hydrogens is 252 g/mol. The van der Waals surface area contributed by atoms with E-state index in [0.717, 1.165) is 24.7 Å². The normalized spacial score (nSPS) is 60.3. The molecule has 0 aromatic rings. The summed E-state index contributed by atoms with van der Waals surface area (Å²) in [6.07, 6.45) is 9.06. The Balaban J connectivity index is 1.54. The zero-order valence-electron chi connectivity index (χ0n) is 12.6. The van der Waals surface area contributed by atoms with Gasteiger partial charge in [-0.05, 0) is 31.1 Å². The van der Waals surface area contributed by atoms with Crippen LogP contribution in [-0.4, -0.2) is 23.8 Å². The van der Waals surface area contributed by atoms with Gasteiger partial charge in [0, 0.05) is 24.7 Å². The third-order valence-corrected chi connectivity index (χ3v) is 6.81. The number of hydrogen-bond acceptors (Lipinski definition) is 3. The predicted octanol–water partition coefficient (Wildman–Crippen LogP) is 3.47. The van der Waals surface area contributed by atoms with Crippen molar-refractivity contribution in [3.8, 4) is 0 Å². The summed E-state index contributed by atoms with van der Waals surface area (Å²) in [6, 6.07) is 0. The largest absolute Gasteiger partial charge is 0.343 e. The van der Waals surface area contributed by atoms with E-state index in [-0.39, 0.29) is 11.6 Å². The molecular formula is C17H26O3. The highest BCUT2D eigenvalue weighted by Gasteiger charge is 2.84. The summed E-state index contributed by atoms with van der Waals surface area (Å²) in [4.78, 5) is 0. The molecule has 0 aromatic carbocycles. The molecule has 5 fully saturated rings. The second-order valence-corrected chi connectivity index (χ2v) is 7.71. The SMILES string of the molecule is CCCCC12OC3C4CC5C3OC(CCCC)(O1)C5C42. The van der Waals surface area contributed by atoms with Crippen LogP contribution < -0.4 is 0 Å². The molecule has 0 N–H and O–H groups in total. The molecule has 5 aliphatic rings. The van der Waals surface area contributed by atoms with Gasteiger partial charge in [0.15, 0.2) is 11.6 Å². The van der Waals surface area contributed by atoms with Crippen LogP contribution in [0.3, 0.4) is 0 Å². The Hall–Kier alpha value is -0.120. The molecule has 20 heavy (non-hydrogen) atoms. The van der Waals surface area contributed by atoms with Crippen molar-refractivity contribution in [2.45, 2.75) is 82.6 Å². The molecule has 8 atom stereocenters. The van der Waals surface area contributed by atoms with Crippen LogP contribution in [0.25, 0.3) is 0 Å². The molecule has 0 aromatic heterocycles. The summed E-state index contributed by atoms with van der Waals surface area (Å²) >= 11 is 0. The second kappa shape index (κ2) is 3.80. The van der Waals surface area contributed by atoms with Crippen molar-refractivity contribution < 1.29 is 14.2 Å². The number of ether oxygens (including phenoxy) is 3. The molecule has 5 rings (SSSR count). The van der Waals surface area contributed by atoms with E-state index in [1.807, 2.05) is 0 Å². The van der Waals surface area contributed by atoms with E-state index in [2.05, 4.69) is 13.8 Å². The van der Waals surface area contributed by atoms with Crippen LogP contribution in [0.5, 0.6) is 0 Å². The topological polar surface area (TPSA) is 27.7 Å². The molecule has 2 aliphatic carbocycles. The minimum absolute atomic E-state index is 0.274. The van der Waals surface area contributed by atoms with Crippen LogP contribution in [0.4, 0.5) is 0 Å².